The van der Waals surface area contributed by atoms with Crippen LogP contribution in [-0.4, -0.2) is 16.7 Å². The second kappa shape index (κ2) is 7.38. The fraction of sp³-hybridized carbons (Fsp3) is 0.0526. The molecule has 0 saturated heterocycles. The Morgan fingerprint density at radius 1 is 1.07 bits per heavy atom. The molecule has 3 N–H and O–H groups in total. The van der Waals surface area contributed by atoms with Crippen LogP contribution in [0.3, 0.4) is 0 Å². The van der Waals surface area contributed by atoms with Crippen molar-refractivity contribution in [2.75, 3.05) is 5.32 Å². The number of benzene rings is 2. The second-order valence-corrected chi connectivity index (χ2v) is 6.92. The third-order valence-electron chi connectivity index (χ3n) is 3.97. The molecule has 2 amide bonds. The minimum atomic E-state index is -0.684. The molecule has 0 saturated carbocycles. The maximum Gasteiger partial charge on any atom is 0.282 e. The predicted molar refractivity (Wildman–Crippen MR) is 104 cm³/mol. The van der Waals surface area contributed by atoms with Gasteiger partial charge >= 0.3 is 0 Å². The number of anilines is 1. The molecule has 7 nitrogen and oxygen atoms in total. The molecule has 8 heteroatoms. The van der Waals surface area contributed by atoms with Crippen molar-refractivity contribution in [1.82, 2.24) is 0 Å². The Morgan fingerprint density at radius 3 is 2.33 bits per heavy atom. The van der Waals surface area contributed by atoms with Crippen LogP contribution < -0.4 is 11.1 Å². The monoisotopic (exact) mass is 381 g/mol. The Morgan fingerprint density at radius 2 is 1.70 bits per heavy atom. The van der Waals surface area contributed by atoms with Crippen LogP contribution in [-0.2, 0) is 0 Å². The number of hydrogen-bond acceptors (Lipinski definition) is 5. The summed E-state index contributed by atoms with van der Waals surface area (Å²) in [5.74, 6) is -1.36. The Bertz CT molecular complexity index is 1040. The van der Waals surface area contributed by atoms with E-state index in [1.54, 1.807) is 0 Å². The number of primary amides is 1. The van der Waals surface area contributed by atoms with Crippen LogP contribution >= 0.6 is 11.3 Å². The largest absolute Gasteiger partial charge is 0.365 e. The number of carbonyl (C=O) groups is 2. The zero-order chi connectivity index (χ0) is 19.6. The molecule has 0 spiro atoms. The number of aryl methyl sites for hydroxylation is 1. The number of amides is 2. The van der Waals surface area contributed by atoms with Crippen molar-refractivity contribution in [3.8, 4) is 11.1 Å². The molecule has 0 aliphatic carbocycles. The van der Waals surface area contributed by atoms with Crippen LogP contribution in [0.25, 0.3) is 11.1 Å². The van der Waals surface area contributed by atoms with Gasteiger partial charge in [-0.2, -0.15) is 0 Å². The highest BCUT2D eigenvalue weighted by molar-refractivity contribution is 7.17. The predicted octanol–water partition coefficient (Wildman–Crippen LogP) is 3.98. The summed E-state index contributed by atoms with van der Waals surface area (Å²) >= 11 is 1.20. The number of nitrogens with zero attached hydrogens (tertiary/aromatic N) is 1. The SMILES string of the molecule is Cc1sc(NC(=O)c2ccccc2[N+](=O)[O-])c(C(N)=O)c1-c1ccccc1. The van der Waals surface area contributed by atoms with Crippen molar-refractivity contribution in [1.29, 1.82) is 0 Å². The molecule has 0 radical (unpaired) electrons. The van der Waals surface area contributed by atoms with Gasteiger partial charge in [-0.05, 0) is 18.6 Å². The van der Waals surface area contributed by atoms with E-state index in [0.717, 1.165) is 10.4 Å². The summed E-state index contributed by atoms with van der Waals surface area (Å²) in [5, 5.41) is 14.0. The van der Waals surface area contributed by atoms with E-state index in [1.165, 1.54) is 35.6 Å². The number of hydrogen-bond donors (Lipinski definition) is 2. The van der Waals surface area contributed by atoms with E-state index in [9.17, 15) is 19.7 Å². The molecular weight excluding hydrogens is 366 g/mol. The van der Waals surface area contributed by atoms with Gasteiger partial charge in [0.25, 0.3) is 17.5 Å². The normalized spacial score (nSPS) is 10.4. The third-order valence-corrected chi connectivity index (χ3v) is 4.99. The zero-order valence-corrected chi connectivity index (χ0v) is 15.1. The van der Waals surface area contributed by atoms with E-state index >= 15 is 0 Å². The molecule has 0 atom stereocenters. The maximum atomic E-state index is 12.6. The third kappa shape index (κ3) is 3.56. The van der Waals surface area contributed by atoms with Gasteiger partial charge in [0.1, 0.15) is 10.6 Å². The van der Waals surface area contributed by atoms with E-state index in [-0.39, 0.29) is 21.8 Å². The molecule has 0 unspecified atom stereocenters. The molecule has 3 rings (SSSR count). The van der Waals surface area contributed by atoms with Crippen LogP contribution in [0.4, 0.5) is 10.7 Å². The standard InChI is InChI=1S/C19H15N3O4S/c1-11-15(12-7-3-2-4-8-12)16(17(20)23)19(27-11)21-18(24)13-9-5-6-10-14(13)22(25)26/h2-10H,1H3,(H2,20,23)(H,21,24). The van der Waals surface area contributed by atoms with Crippen molar-refractivity contribution in [3.05, 3.63) is 80.7 Å². The lowest BCUT2D eigenvalue weighted by Crippen LogP contribution is -2.18. The molecule has 0 aliphatic heterocycles. The molecule has 1 aromatic heterocycles. The molecule has 136 valence electrons. The van der Waals surface area contributed by atoms with Gasteiger partial charge < -0.3 is 11.1 Å². The summed E-state index contributed by atoms with van der Waals surface area (Å²) < 4.78 is 0. The van der Waals surface area contributed by atoms with E-state index in [4.69, 9.17) is 5.73 Å². The van der Waals surface area contributed by atoms with E-state index in [1.807, 2.05) is 37.3 Å². The summed E-state index contributed by atoms with van der Waals surface area (Å²) in [6.07, 6.45) is 0. The van der Waals surface area contributed by atoms with E-state index < -0.39 is 16.7 Å². The highest BCUT2D eigenvalue weighted by atomic mass is 32.1. The van der Waals surface area contributed by atoms with Crippen LogP contribution in [0.1, 0.15) is 25.6 Å². The van der Waals surface area contributed by atoms with Gasteiger partial charge in [-0.15, -0.1) is 11.3 Å². The number of thiophene rings is 1. The van der Waals surface area contributed by atoms with Crippen molar-refractivity contribution >= 4 is 33.8 Å². The fourth-order valence-corrected chi connectivity index (χ4v) is 3.89. The molecular formula is C19H15N3O4S. The number of nitro groups is 1. The van der Waals surface area contributed by atoms with Gasteiger partial charge in [-0.3, -0.25) is 19.7 Å². The molecule has 0 aliphatic rings. The van der Waals surface area contributed by atoms with E-state index in [0.29, 0.717) is 5.56 Å². The maximum absolute atomic E-state index is 12.6. The average Bonchev–Trinajstić information content (AvgIpc) is 2.98. The molecule has 27 heavy (non-hydrogen) atoms. The summed E-state index contributed by atoms with van der Waals surface area (Å²) in [6.45, 7) is 1.82. The van der Waals surface area contributed by atoms with Crippen LogP contribution in [0.2, 0.25) is 0 Å². The van der Waals surface area contributed by atoms with Gasteiger partial charge in [0.05, 0.1) is 10.5 Å². The lowest BCUT2D eigenvalue weighted by molar-refractivity contribution is -0.385. The molecule has 0 bridgehead atoms. The summed E-state index contributed by atoms with van der Waals surface area (Å²) in [7, 11) is 0. The van der Waals surface area contributed by atoms with Crippen LogP contribution in [0.5, 0.6) is 0 Å². The Balaban J connectivity index is 2.05. The number of carbonyl (C=O) groups excluding carboxylic acids is 2. The average molecular weight is 381 g/mol. The summed E-state index contributed by atoms with van der Waals surface area (Å²) in [4.78, 5) is 36.0. The Labute approximate surface area is 158 Å². The summed E-state index contributed by atoms with van der Waals surface area (Å²) in [5.41, 5.74) is 6.79. The van der Waals surface area contributed by atoms with Crippen LogP contribution in [0.15, 0.2) is 54.6 Å². The highest BCUT2D eigenvalue weighted by Crippen LogP contribution is 2.40. The molecule has 1 heterocycles. The molecule has 3 aromatic rings. The van der Waals surface area contributed by atoms with Crippen molar-refractivity contribution in [2.24, 2.45) is 5.73 Å². The Hall–Kier alpha value is -3.52. The lowest BCUT2D eigenvalue weighted by Gasteiger charge is -2.07. The van der Waals surface area contributed by atoms with Gasteiger partial charge in [-0.25, -0.2) is 0 Å². The topological polar surface area (TPSA) is 115 Å². The van der Waals surface area contributed by atoms with Crippen molar-refractivity contribution in [2.45, 2.75) is 6.92 Å². The van der Waals surface area contributed by atoms with Gasteiger partial charge in [0, 0.05) is 16.5 Å². The number of rotatable bonds is 5. The van der Waals surface area contributed by atoms with Crippen molar-refractivity contribution < 1.29 is 14.5 Å². The first-order chi connectivity index (χ1) is 12.9. The lowest BCUT2D eigenvalue weighted by atomic mass is 10.0. The first kappa shape index (κ1) is 18.3. The van der Waals surface area contributed by atoms with Crippen molar-refractivity contribution in [3.63, 3.8) is 0 Å². The van der Waals surface area contributed by atoms with Crippen LogP contribution in [0, 0.1) is 17.0 Å². The first-order valence-electron chi connectivity index (χ1n) is 7.93. The van der Waals surface area contributed by atoms with E-state index in [2.05, 4.69) is 5.32 Å². The summed E-state index contributed by atoms with van der Waals surface area (Å²) in [6, 6.07) is 14.8. The van der Waals surface area contributed by atoms with Gasteiger partial charge in [-0.1, -0.05) is 42.5 Å². The molecule has 2 aromatic carbocycles. The zero-order valence-electron chi connectivity index (χ0n) is 14.3. The molecule has 0 fully saturated rings. The first-order valence-corrected chi connectivity index (χ1v) is 8.75. The van der Waals surface area contributed by atoms with Gasteiger partial charge in [0.15, 0.2) is 0 Å². The smallest absolute Gasteiger partial charge is 0.282 e. The Kier molecular flexibility index (Phi) is 5.00. The number of para-hydroxylation sites is 1. The fourth-order valence-electron chi connectivity index (χ4n) is 2.82. The number of nitro benzene ring substituents is 1. The number of nitrogens with one attached hydrogen (secondary N) is 1. The highest BCUT2D eigenvalue weighted by Gasteiger charge is 2.25. The number of nitrogens with two attached hydrogens (primary N) is 1. The minimum Gasteiger partial charge on any atom is -0.365 e. The van der Waals surface area contributed by atoms with Gasteiger partial charge in [0.2, 0.25) is 0 Å². The quantitative estimate of drug-likeness (QED) is 0.513. The second-order valence-electron chi connectivity index (χ2n) is 5.70. The minimum absolute atomic E-state index is 0.0924.